The van der Waals surface area contributed by atoms with Gasteiger partial charge < -0.3 is 4.79 Å². The lowest BCUT2D eigenvalue weighted by molar-refractivity contribution is -0.116. The Bertz CT molecular complexity index is 298. The van der Waals surface area contributed by atoms with Crippen molar-refractivity contribution < 1.29 is 9.18 Å². The van der Waals surface area contributed by atoms with Gasteiger partial charge in [-0.25, -0.2) is 4.39 Å². The lowest BCUT2D eigenvalue weighted by Gasteiger charge is -2.01. The molecule has 0 radical (unpaired) electrons. The van der Waals surface area contributed by atoms with E-state index < -0.39 is 0 Å². The van der Waals surface area contributed by atoms with Gasteiger partial charge in [0.25, 0.3) is 0 Å². The van der Waals surface area contributed by atoms with E-state index in [1.807, 2.05) is 26.8 Å². The van der Waals surface area contributed by atoms with E-state index in [4.69, 9.17) is 0 Å². The van der Waals surface area contributed by atoms with Gasteiger partial charge in [-0.1, -0.05) is 19.9 Å². The normalized spacial score (nSPS) is 9.13. The summed E-state index contributed by atoms with van der Waals surface area (Å²) in [5.74, 6) is -0.0829. The molecule has 0 aliphatic rings. The molecule has 0 spiro atoms. The van der Waals surface area contributed by atoms with Gasteiger partial charge in [0, 0.05) is 6.42 Å². The van der Waals surface area contributed by atoms with Gasteiger partial charge in [-0.2, -0.15) is 0 Å². The van der Waals surface area contributed by atoms with Gasteiger partial charge in [0.2, 0.25) is 0 Å². The second-order valence-electron chi connectivity index (χ2n) is 3.34. The van der Waals surface area contributed by atoms with Crippen LogP contribution in [-0.2, 0) is 11.2 Å². The Morgan fingerprint density at radius 2 is 1.87 bits per heavy atom. The molecule has 0 fully saturated rings. The molecule has 1 aromatic rings. The number of carbonyl (C=O) groups excluding carboxylic acids is 1. The Morgan fingerprint density at radius 3 is 2.33 bits per heavy atom. The van der Waals surface area contributed by atoms with Crippen molar-refractivity contribution >= 4 is 5.78 Å². The summed E-state index contributed by atoms with van der Waals surface area (Å²) in [6.45, 7) is 7.40. The Hall–Kier alpha value is -1.18. The van der Waals surface area contributed by atoms with Gasteiger partial charge in [0.05, 0.1) is 0 Å². The van der Waals surface area contributed by atoms with E-state index in [-0.39, 0.29) is 11.6 Å². The van der Waals surface area contributed by atoms with E-state index in [0.29, 0.717) is 12.8 Å². The van der Waals surface area contributed by atoms with Crippen LogP contribution in [-0.4, -0.2) is 5.78 Å². The van der Waals surface area contributed by atoms with Crippen molar-refractivity contribution in [2.45, 2.75) is 40.5 Å². The number of carbonyl (C=O) groups is 1. The summed E-state index contributed by atoms with van der Waals surface area (Å²) in [5, 5.41) is 0. The number of hydrogen-bond acceptors (Lipinski definition) is 1. The fourth-order valence-electron chi connectivity index (χ4n) is 1.28. The fourth-order valence-corrected chi connectivity index (χ4v) is 1.28. The first kappa shape index (κ1) is 13.8. The third-order valence-electron chi connectivity index (χ3n) is 1.87. The largest absolute Gasteiger partial charge is 0.300 e. The van der Waals surface area contributed by atoms with E-state index in [2.05, 4.69) is 0 Å². The Kier molecular flexibility index (Phi) is 6.59. The monoisotopic (exact) mass is 210 g/mol. The molecule has 0 atom stereocenters. The summed E-state index contributed by atoms with van der Waals surface area (Å²) in [4.78, 5) is 10.7. The molecule has 15 heavy (non-hydrogen) atoms. The smallest absolute Gasteiger partial charge is 0.130 e. The van der Waals surface area contributed by atoms with Crippen molar-refractivity contribution in [1.82, 2.24) is 0 Å². The highest BCUT2D eigenvalue weighted by Gasteiger charge is 1.99. The number of benzene rings is 1. The molecule has 0 N–H and O–H groups in total. The second-order valence-corrected chi connectivity index (χ2v) is 3.34. The first-order valence-electron chi connectivity index (χ1n) is 5.33. The molecule has 0 amide bonds. The third-order valence-corrected chi connectivity index (χ3v) is 1.87. The molecule has 84 valence electrons. The molecule has 1 aromatic carbocycles. The van der Waals surface area contributed by atoms with E-state index in [1.54, 1.807) is 6.92 Å². The van der Waals surface area contributed by atoms with Crippen LogP contribution in [0.1, 0.15) is 38.3 Å². The zero-order chi connectivity index (χ0) is 11.8. The van der Waals surface area contributed by atoms with Crippen LogP contribution in [0.4, 0.5) is 4.39 Å². The summed E-state index contributed by atoms with van der Waals surface area (Å²) in [6, 6.07) is 4.87. The van der Waals surface area contributed by atoms with Crippen molar-refractivity contribution in [2.24, 2.45) is 0 Å². The quantitative estimate of drug-likeness (QED) is 0.743. The molecule has 1 nitrogen and oxygen atoms in total. The average Bonchev–Trinajstić information content (AvgIpc) is 2.16. The predicted molar refractivity (Wildman–Crippen MR) is 61.5 cm³/mol. The van der Waals surface area contributed by atoms with Gasteiger partial charge in [-0.15, -0.1) is 0 Å². The summed E-state index contributed by atoms with van der Waals surface area (Å²) in [6.07, 6.45) is 1.12. The highest BCUT2D eigenvalue weighted by molar-refractivity contribution is 5.75. The highest BCUT2D eigenvalue weighted by Crippen LogP contribution is 2.10. The summed E-state index contributed by atoms with van der Waals surface area (Å²) in [7, 11) is 0. The molecule has 0 heterocycles. The molecule has 0 aliphatic carbocycles. The Balaban J connectivity index is 0.000000921. The van der Waals surface area contributed by atoms with Crippen molar-refractivity contribution in [2.75, 3.05) is 0 Å². The van der Waals surface area contributed by atoms with Gasteiger partial charge in [0.1, 0.15) is 11.6 Å². The lowest BCUT2D eigenvalue weighted by atomic mass is 10.1. The van der Waals surface area contributed by atoms with Crippen LogP contribution in [0.15, 0.2) is 18.2 Å². The first-order valence-corrected chi connectivity index (χ1v) is 5.33. The zero-order valence-corrected chi connectivity index (χ0v) is 9.93. The number of ketones is 1. The fraction of sp³-hybridized carbons (Fsp3) is 0.462. The minimum atomic E-state index is -0.224. The van der Waals surface area contributed by atoms with Crippen LogP contribution < -0.4 is 0 Å². The van der Waals surface area contributed by atoms with E-state index in [0.717, 1.165) is 11.1 Å². The highest BCUT2D eigenvalue weighted by atomic mass is 19.1. The van der Waals surface area contributed by atoms with E-state index in [9.17, 15) is 9.18 Å². The van der Waals surface area contributed by atoms with Crippen molar-refractivity contribution in [3.05, 3.63) is 35.1 Å². The number of aryl methyl sites for hydroxylation is 2. The maximum Gasteiger partial charge on any atom is 0.130 e. The van der Waals surface area contributed by atoms with Crippen LogP contribution in [0.2, 0.25) is 0 Å². The molecule has 0 aliphatic heterocycles. The van der Waals surface area contributed by atoms with Crippen LogP contribution in [0.5, 0.6) is 0 Å². The Labute approximate surface area is 91.3 Å². The standard InChI is InChI=1S/C11H13FO.C2H6/c1-8-5-10(4-3-9(2)13)7-11(12)6-8;1-2/h5-7H,3-4H2,1-2H3;1-2H3. The van der Waals surface area contributed by atoms with Crippen molar-refractivity contribution in [3.63, 3.8) is 0 Å². The minimum Gasteiger partial charge on any atom is -0.300 e. The summed E-state index contributed by atoms with van der Waals surface area (Å²) < 4.78 is 12.9. The van der Waals surface area contributed by atoms with Gasteiger partial charge >= 0.3 is 0 Å². The first-order chi connectivity index (χ1) is 7.08. The van der Waals surface area contributed by atoms with Gasteiger partial charge in [-0.05, 0) is 43.5 Å². The van der Waals surface area contributed by atoms with Crippen LogP contribution >= 0.6 is 0 Å². The second kappa shape index (κ2) is 7.16. The molecule has 0 saturated carbocycles. The van der Waals surface area contributed by atoms with Crippen molar-refractivity contribution in [1.29, 1.82) is 0 Å². The summed E-state index contributed by atoms with van der Waals surface area (Å²) in [5.41, 5.74) is 1.80. The molecule has 0 unspecified atom stereocenters. The topological polar surface area (TPSA) is 17.1 Å². The van der Waals surface area contributed by atoms with Gasteiger partial charge in [0.15, 0.2) is 0 Å². The van der Waals surface area contributed by atoms with Crippen molar-refractivity contribution in [3.8, 4) is 0 Å². The van der Waals surface area contributed by atoms with E-state index >= 15 is 0 Å². The molecular weight excluding hydrogens is 191 g/mol. The number of rotatable bonds is 3. The summed E-state index contributed by atoms with van der Waals surface area (Å²) >= 11 is 0. The van der Waals surface area contributed by atoms with Crippen LogP contribution in [0, 0.1) is 12.7 Å². The molecule has 0 saturated heterocycles. The van der Waals surface area contributed by atoms with Crippen LogP contribution in [0.25, 0.3) is 0 Å². The molecule has 0 bridgehead atoms. The minimum absolute atomic E-state index is 0.141. The molecule has 2 heteroatoms. The maximum absolute atomic E-state index is 12.9. The Morgan fingerprint density at radius 1 is 1.27 bits per heavy atom. The third kappa shape index (κ3) is 6.00. The molecule has 0 aromatic heterocycles. The van der Waals surface area contributed by atoms with Gasteiger partial charge in [-0.3, -0.25) is 0 Å². The average molecular weight is 210 g/mol. The predicted octanol–water partition coefficient (Wildman–Crippen LogP) is 3.68. The number of hydrogen-bond donors (Lipinski definition) is 0. The lowest BCUT2D eigenvalue weighted by Crippen LogP contribution is -1.95. The van der Waals surface area contributed by atoms with E-state index in [1.165, 1.54) is 12.1 Å². The number of Topliss-reactive ketones (excluding diaryl/α,β-unsaturated/α-hetero) is 1. The molecular formula is C13H19FO. The molecule has 1 rings (SSSR count). The SMILES string of the molecule is CC.CC(=O)CCc1cc(C)cc(F)c1. The number of halogens is 1. The maximum atomic E-state index is 12.9. The van der Waals surface area contributed by atoms with Crippen LogP contribution in [0.3, 0.4) is 0 Å². The zero-order valence-electron chi connectivity index (χ0n) is 9.93.